The summed E-state index contributed by atoms with van der Waals surface area (Å²) in [7, 11) is 0. The van der Waals surface area contributed by atoms with Crippen LogP contribution >= 0.6 is 24.0 Å². The van der Waals surface area contributed by atoms with Crippen LogP contribution in [0.3, 0.4) is 0 Å². The van der Waals surface area contributed by atoms with Crippen molar-refractivity contribution in [2.75, 3.05) is 0 Å². The van der Waals surface area contributed by atoms with Crippen LogP contribution in [0.1, 0.15) is 17.2 Å². The Morgan fingerprint density at radius 2 is 1.71 bits per heavy atom. The second-order valence-electron chi connectivity index (χ2n) is 3.07. The Bertz CT molecular complexity index is 380. The van der Waals surface area contributed by atoms with Gasteiger partial charge in [-0.3, -0.25) is 0 Å². The quantitative estimate of drug-likeness (QED) is 0.819. The molecule has 1 aromatic carbocycles. The molecule has 0 fully saturated rings. The average Bonchev–Trinajstić information content (AvgIpc) is 2.15. The zero-order valence-corrected chi connectivity index (χ0v) is 9.71. The van der Waals surface area contributed by atoms with Crippen molar-refractivity contribution in [2.45, 2.75) is 18.6 Å². The van der Waals surface area contributed by atoms with Gasteiger partial charge in [0.1, 0.15) is 0 Å². The summed E-state index contributed by atoms with van der Waals surface area (Å²) in [5, 5.41) is -0.775. The van der Waals surface area contributed by atoms with E-state index in [9.17, 15) is 22.0 Å². The molecule has 0 aromatic heterocycles. The lowest BCUT2D eigenvalue weighted by Crippen LogP contribution is -2.20. The number of halogens is 7. The summed E-state index contributed by atoms with van der Waals surface area (Å²) in [6.45, 7) is 0. The molecule has 1 aromatic rings. The topological polar surface area (TPSA) is 26.0 Å². The van der Waals surface area contributed by atoms with Crippen LogP contribution in [0.15, 0.2) is 18.2 Å². The highest BCUT2D eigenvalue weighted by Gasteiger charge is 2.35. The molecule has 0 amide bonds. The first-order valence-electron chi connectivity index (χ1n) is 4.14. The standard InChI is InChI=1S/C9H7ClF5N.ClH/c10-6-4(7(16)8(11)12)2-1-3-5(6)9(13,14)15;/h1-3,7-8H,16H2;1H/t7-;/m1./s1. The molecule has 0 saturated carbocycles. The molecule has 0 bridgehead atoms. The van der Waals surface area contributed by atoms with Gasteiger partial charge in [0.15, 0.2) is 0 Å². The van der Waals surface area contributed by atoms with Gasteiger partial charge in [-0.05, 0) is 11.6 Å². The van der Waals surface area contributed by atoms with Crippen LogP contribution in [0.5, 0.6) is 0 Å². The van der Waals surface area contributed by atoms with Gasteiger partial charge in [-0.15, -0.1) is 12.4 Å². The molecule has 0 radical (unpaired) electrons. The van der Waals surface area contributed by atoms with Crippen molar-refractivity contribution in [3.8, 4) is 0 Å². The molecule has 0 unspecified atom stereocenters. The number of hydrogen-bond acceptors (Lipinski definition) is 1. The molecule has 17 heavy (non-hydrogen) atoms. The minimum Gasteiger partial charge on any atom is -0.319 e. The van der Waals surface area contributed by atoms with Crippen LogP contribution in [0, 0.1) is 0 Å². The molecule has 0 aliphatic heterocycles. The van der Waals surface area contributed by atoms with Crippen molar-refractivity contribution < 1.29 is 22.0 Å². The Morgan fingerprint density at radius 3 is 2.12 bits per heavy atom. The Kier molecular flexibility index (Phi) is 5.64. The van der Waals surface area contributed by atoms with Crippen LogP contribution in [0.25, 0.3) is 0 Å². The zero-order chi connectivity index (χ0) is 12.5. The maximum Gasteiger partial charge on any atom is 0.417 e. The van der Waals surface area contributed by atoms with E-state index in [2.05, 4.69) is 0 Å². The second kappa shape index (κ2) is 5.84. The molecular formula is C9H8Cl2F5N. The van der Waals surface area contributed by atoms with Crippen LogP contribution in [-0.2, 0) is 6.18 Å². The molecule has 0 aliphatic carbocycles. The van der Waals surface area contributed by atoms with Crippen molar-refractivity contribution in [3.05, 3.63) is 34.3 Å². The molecule has 8 heteroatoms. The normalized spacial score (nSPS) is 13.4. The number of nitrogens with two attached hydrogens (primary N) is 1. The first kappa shape index (κ1) is 16.4. The summed E-state index contributed by atoms with van der Waals surface area (Å²) in [6, 6.07) is 0.930. The van der Waals surface area contributed by atoms with Crippen LogP contribution in [-0.4, -0.2) is 6.43 Å². The van der Waals surface area contributed by atoms with Gasteiger partial charge in [0.05, 0.1) is 16.6 Å². The van der Waals surface area contributed by atoms with Gasteiger partial charge in [-0.2, -0.15) is 13.2 Å². The van der Waals surface area contributed by atoms with E-state index in [4.69, 9.17) is 17.3 Å². The minimum atomic E-state index is -4.69. The fourth-order valence-corrected chi connectivity index (χ4v) is 1.52. The summed E-state index contributed by atoms with van der Waals surface area (Å²) in [5.41, 5.74) is 3.47. The van der Waals surface area contributed by atoms with Gasteiger partial charge in [-0.1, -0.05) is 23.7 Å². The van der Waals surface area contributed by atoms with E-state index in [1.54, 1.807) is 0 Å². The Hall–Kier alpha value is -0.590. The summed E-state index contributed by atoms with van der Waals surface area (Å²) >= 11 is 5.40. The second-order valence-corrected chi connectivity index (χ2v) is 3.44. The maximum atomic E-state index is 12.4. The number of rotatable bonds is 2. The fourth-order valence-electron chi connectivity index (χ4n) is 1.16. The largest absolute Gasteiger partial charge is 0.417 e. The van der Waals surface area contributed by atoms with Gasteiger partial charge in [-0.25, -0.2) is 8.78 Å². The number of alkyl halides is 5. The lowest BCUT2D eigenvalue weighted by Gasteiger charge is -2.16. The highest BCUT2D eigenvalue weighted by molar-refractivity contribution is 6.32. The molecule has 2 N–H and O–H groups in total. The lowest BCUT2D eigenvalue weighted by molar-refractivity contribution is -0.137. The van der Waals surface area contributed by atoms with Gasteiger partial charge in [0.25, 0.3) is 6.43 Å². The number of hydrogen-bond donors (Lipinski definition) is 1. The molecule has 0 spiro atoms. The Labute approximate surface area is 105 Å². The summed E-state index contributed by atoms with van der Waals surface area (Å²) in [4.78, 5) is 0. The monoisotopic (exact) mass is 295 g/mol. The van der Waals surface area contributed by atoms with E-state index in [-0.39, 0.29) is 12.4 Å². The van der Waals surface area contributed by atoms with Crippen LogP contribution < -0.4 is 5.73 Å². The smallest absolute Gasteiger partial charge is 0.319 e. The van der Waals surface area contributed by atoms with Gasteiger partial charge in [0.2, 0.25) is 0 Å². The molecule has 1 atom stereocenters. The van der Waals surface area contributed by atoms with Crippen molar-refractivity contribution in [3.63, 3.8) is 0 Å². The van der Waals surface area contributed by atoms with Gasteiger partial charge < -0.3 is 5.73 Å². The van der Waals surface area contributed by atoms with Gasteiger partial charge >= 0.3 is 6.18 Å². The third-order valence-corrected chi connectivity index (χ3v) is 2.39. The third-order valence-electron chi connectivity index (χ3n) is 1.96. The van der Waals surface area contributed by atoms with E-state index in [0.29, 0.717) is 6.07 Å². The molecule has 0 saturated heterocycles. The SMILES string of the molecule is Cl.N[C@H](c1cccc(C(F)(F)F)c1Cl)C(F)F. The minimum absolute atomic E-state index is 0. The van der Waals surface area contributed by atoms with Crippen molar-refractivity contribution >= 4 is 24.0 Å². The molecule has 0 heterocycles. The van der Waals surface area contributed by atoms with E-state index >= 15 is 0 Å². The highest BCUT2D eigenvalue weighted by atomic mass is 35.5. The molecule has 1 rings (SSSR count). The van der Waals surface area contributed by atoms with E-state index < -0.39 is 34.8 Å². The summed E-state index contributed by atoms with van der Waals surface area (Å²) < 4.78 is 61.7. The van der Waals surface area contributed by atoms with Crippen molar-refractivity contribution in [1.29, 1.82) is 0 Å². The highest BCUT2D eigenvalue weighted by Crippen LogP contribution is 2.38. The first-order chi connectivity index (χ1) is 7.25. The van der Waals surface area contributed by atoms with Crippen LogP contribution in [0.2, 0.25) is 5.02 Å². The molecule has 1 nitrogen and oxygen atoms in total. The molecule has 0 aliphatic rings. The zero-order valence-electron chi connectivity index (χ0n) is 8.14. The molecule has 98 valence electrons. The van der Waals surface area contributed by atoms with Crippen LogP contribution in [0.4, 0.5) is 22.0 Å². The summed E-state index contributed by atoms with van der Waals surface area (Å²) in [6.07, 6.45) is -7.66. The maximum absolute atomic E-state index is 12.4. The van der Waals surface area contributed by atoms with Crippen molar-refractivity contribution in [1.82, 2.24) is 0 Å². The van der Waals surface area contributed by atoms with E-state index in [1.807, 2.05) is 0 Å². The average molecular weight is 296 g/mol. The predicted octanol–water partition coefficient (Wildman–Crippen LogP) is 4.05. The fraction of sp³-hybridized carbons (Fsp3) is 0.333. The van der Waals surface area contributed by atoms with Crippen molar-refractivity contribution in [2.24, 2.45) is 5.73 Å². The summed E-state index contributed by atoms with van der Waals surface area (Å²) in [5.74, 6) is 0. The van der Waals surface area contributed by atoms with E-state index in [0.717, 1.165) is 12.1 Å². The lowest BCUT2D eigenvalue weighted by atomic mass is 10.0. The first-order valence-corrected chi connectivity index (χ1v) is 4.52. The number of benzene rings is 1. The Morgan fingerprint density at radius 1 is 1.18 bits per heavy atom. The Balaban J connectivity index is 0.00000256. The van der Waals surface area contributed by atoms with E-state index in [1.165, 1.54) is 0 Å². The van der Waals surface area contributed by atoms with Gasteiger partial charge in [0, 0.05) is 0 Å². The molecular weight excluding hydrogens is 288 g/mol. The predicted molar refractivity (Wildman–Crippen MR) is 56.6 cm³/mol. The third kappa shape index (κ3) is 3.69.